The zero-order valence-corrected chi connectivity index (χ0v) is 19.8. The summed E-state index contributed by atoms with van der Waals surface area (Å²) in [5, 5.41) is 1.32. The number of rotatable bonds is 4. The molecule has 0 saturated heterocycles. The minimum Gasteiger partial charge on any atom is -0.307 e. The molecule has 1 aromatic heterocycles. The lowest BCUT2D eigenvalue weighted by atomic mass is 10.1. The first-order chi connectivity index (χ1) is 16.3. The lowest BCUT2D eigenvalue weighted by Crippen LogP contribution is -2.34. The van der Waals surface area contributed by atoms with Gasteiger partial charge in [0.05, 0.1) is 27.4 Å². The van der Waals surface area contributed by atoms with Crippen molar-refractivity contribution in [1.82, 2.24) is 4.72 Å². The zero-order chi connectivity index (χ0) is 25.7. The minimum absolute atomic E-state index is 0.0858. The van der Waals surface area contributed by atoms with E-state index in [1.807, 2.05) is 5.32 Å². The Morgan fingerprint density at radius 3 is 2.14 bits per heavy atom. The average molecular weight is 544 g/mol. The number of halogens is 4. The number of nitrogens with one attached hydrogen (secondary N) is 2. The second kappa shape index (κ2) is 8.66. The average Bonchev–Trinajstić information content (AvgIpc) is 3.30. The molecule has 0 radical (unpaired) electrons. The molecule has 2 N–H and O–H groups in total. The molecular formula is C21H13ClF3N3O5S2. The third-order valence-electron chi connectivity index (χ3n) is 4.85. The maximum Gasteiger partial charge on any atom is 0.418 e. The third-order valence-corrected chi connectivity index (χ3v) is 7.96. The second-order valence-corrected chi connectivity index (χ2v) is 10.9. The van der Waals surface area contributed by atoms with Crippen LogP contribution in [0, 0.1) is 6.92 Å². The molecule has 0 saturated carbocycles. The standard InChI is InChI=1S/C21H13ClF3N3O5S2/c1-10-6-7-16(34-10)35(32,33)27-20(31)26-11-8-14(21(23,24)25)17(15(22)9-11)28-18(29)12-4-2-3-5-13(12)19(28)30/h2-9H,1H3,(H2,26,27,31). The van der Waals surface area contributed by atoms with Crippen molar-refractivity contribution in [2.75, 3.05) is 10.2 Å². The summed E-state index contributed by atoms with van der Waals surface area (Å²) in [7, 11) is -4.27. The Morgan fingerprint density at radius 2 is 1.63 bits per heavy atom. The molecule has 14 heteroatoms. The van der Waals surface area contributed by atoms with Gasteiger partial charge in [-0.15, -0.1) is 11.3 Å². The van der Waals surface area contributed by atoms with Gasteiger partial charge in [-0.25, -0.2) is 22.8 Å². The van der Waals surface area contributed by atoms with E-state index in [2.05, 4.69) is 0 Å². The van der Waals surface area contributed by atoms with E-state index in [0.717, 1.165) is 17.4 Å². The van der Waals surface area contributed by atoms with Crippen molar-refractivity contribution in [2.45, 2.75) is 17.3 Å². The van der Waals surface area contributed by atoms with Crippen LogP contribution < -0.4 is 14.9 Å². The van der Waals surface area contributed by atoms with E-state index in [-0.39, 0.29) is 15.3 Å². The number of alkyl halides is 3. The Balaban J connectivity index is 1.68. The van der Waals surface area contributed by atoms with Crippen LogP contribution >= 0.6 is 22.9 Å². The van der Waals surface area contributed by atoms with E-state index in [0.29, 0.717) is 15.8 Å². The number of nitrogens with zero attached hydrogens (tertiary/aromatic N) is 1. The smallest absolute Gasteiger partial charge is 0.307 e. The maximum atomic E-state index is 13.9. The SMILES string of the molecule is Cc1ccc(S(=O)(=O)NC(=O)Nc2cc(Cl)c(N3C(=O)c4ccccc4C3=O)c(C(F)(F)F)c2)s1. The lowest BCUT2D eigenvalue weighted by Gasteiger charge is -2.22. The number of aryl methyl sites for hydroxylation is 1. The van der Waals surface area contributed by atoms with Crippen LogP contribution in [0.15, 0.2) is 52.7 Å². The number of imide groups is 1. The van der Waals surface area contributed by atoms with Crippen molar-refractivity contribution in [3.05, 3.63) is 75.1 Å². The Hall–Kier alpha value is -3.42. The van der Waals surface area contributed by atoms with E-state index in [4.69, 9.17) is 11.6 Å². The van der Waals surface area contributed by atoms with Gasteiger partial charge in [0.15, 0.2) is 0 Å². The molecule has 182 valence electrons. The van der Waals surface area contributed by atoms with Crippen molar-refractivity contribution in [2.24, 2.45) is 0 Å². The first-order valence-electron chi connectivity index (χ1n) is 9.58. The maximum absolute atomic E-state index is 13.9. The summed E-state index contributed by atoms with van der Waals surface area (Å²) in [6, 6.07) is 8.28. The molecule has 8 nitrogen and oxygen atoms in total. The third kappa shape index (κ3) is 4.61. The van der Waals surface area contributed by atoms with E-state index < -0.39 is 56.0 Å². The van der Waals surface area contributed by atoms with E-state index in [1.165, 1.54) is 36.4 Å². The van der Waals surface area contributed by atoms with Crippen molar-refractivity contribution < 1.29 is 36.0 Å². The normalized spacial score (nSPS) is 13.7. The lowest BCUT2D eigenvalue weighted by molar-refractivity contribution is -0.137. The first-order valence-corrected chi connectivity index (χ1v) is 12.3. The van der Waals surface area contributed by atoms with E-state index >= 15 is 0 Å². The number of carbonyl (C=O) groups excluding carboxylic acids is 3. The number of hydrogen-bond acceptors (Lipinski definition) is 6. The number of urea groups is 1. The van der Waals surface area contributed by atoms with Gasteiger partial charge in [-0.2, -0.15) is 13.2 Å². The molecule has 2 heterocycles. The molecule has 4 amide bonds. The van der Waals surface area contributed by atoms with Gasteiger partial charge in [0.1, 0.15) is 4.21 Å². The number of amides is 4. The molecule has 0 fully saturated rings. The molecular weight excluding hydrogens is 531 g/mol. The molecule has 2 aromatic carbocycles. The molecule has 0 spiro atoms. The monoisotopic (exact) mass is 543 g/mol. The van der Waals surface area contributed by atoms with E-state index in [1.54, 1.807) is 11.6 Å². The number of hydrogen-bond donors (Lipinski definition) is 2. The van der Waals surface area contributed by atoms with E-state index in [9.17, 15) is 36.0 Å². The molecule has 35 heavy (non-hydrogen) atoms. The summed E-state index contributed by atoms with van der Waals surface area (Å²) in [6.07, 6.45) is -5.09. The predicted molar refractivity (Wildman–Crippen MR) is 122 cm³/mol. The van der Waals surface area contributed by atoms with Crippen molar-refractivity contribution >= 4 is 62.2 Å². The Morgan fingerprint density at radius 1 is 1.03 bits per heavy atom. The molecule has 0 unspecified atom stereocenters. The topological polar surface area (TPSA) is 113 Å². The number of carbonyl (C=O) groups is 3. The Bertz CT molecular complexity index is 1470. The predicted octanol–water partition coefficient (Wildman–Crippen LogP) is 5.04. The molecule has 1 aliphatic heterocycles. The highest BCUT2D eigenvalue weighted by atomic mass is 35.5. The van der Waals surface area contributed by atoms with Gasteiger partial charge >= 0.3 is 12.2 Å². The number of fused-ring (bicyclic) bond motifs is 1. The molecule has 0 atom stereocenters. The summed E-state index contributed by atoms with van der Waals surface area (Å²) in [4.78, 5) is 38.7. The van der Waals surface area contributed by atoms with Crippen LogP contribution in [0.4, 0.5) is 29.3 Å². The summed E-state index contributed by atoms with van der Waals surface area (Å²) in [5.74, 6) is -1.98. The van der Waals surface area contributed by atoms with Crippen LogP contribution in [0.3, 0.4) is 0 Å². The van der Waals surface area contributed by atoms with Gasteiger partial charge in [0, 0.05) is 10.6 Å². The van der Waals surface area contributed by atoms with Gasteiger partial charge in [-0.05, 0) is 43.3 Å². The van der Waals surface area contributed by atoms with Gasteiger partial charge in [0.25, 0.3) is 21.8 Å². The van der Waals surface area contributed by atoms with Crippen molar-refractivity contribution in [3.8, 4) is 0 Å². The van der Waals surface area contributed by atoms with Crippen molar-refractivity contribution in [3.63, 3.8) is 0 Å². The fraction of sp³-hybridized carbons (Fsp3) is 0.0952. The highest BCUT2D eigenvalue weighted by molar-refractivity contribution is 7.92. The number of thiophene rings is 1. The number of benzene rings is 2. The molecule has 3 aromatic rings. The molecule has 0 bridgehead atoms. The fourth-order valence-electron chi connectivity index (χ4n) is 3.39. The van der Waals surface area contributed by atoms with Gasteiger partial charge in [-0.3, -0.25) is 9.59 Å². The highest BCUT2D eigenvalue weighted by Gasteiger charge is 2.44. The zero-order valence-electron chi connectivity index (χ0n) is 17.4. The van der Waals surface area contributed by atoms with Crippen LogP contribution in [-0.2, 0) is 16.2 Å². The van der Waals surface area contributed by atoms with Crippen molar-refractivity contribution in [1.29, 1.82) is 0 Å². The van der Waals surface area contributed by atoms with Crippen LogP contribution in [0.1, 0.15) is 31.2 Å². The van der Waals surface area contributed by atoms with Gasteiger partial charge < -0.3 is 5.32 Å². The first kappa shape index (κ1) is 24.7. The molecule has 4 rings (SSSR count). The quantitative estimate of drug-likeness (QED) is 0.448. The second-order valence-electron chi connectivity index (χ2n) is 7.27. The summed E-state index contributed by atoms with van der Waals surface area (Å²) >= 11 is 6.97. The molecule has 1 aliphatic rings. The van der Waals surface area contributed by atoms with Gasteiger partial charge in [-0.1, -0.05) is 23.7 Å². The Kier molecular flexibility index (Phi) is 6.11. The summed E-state index contributed by atoms with van der Waals surface area (Å²) in [5.41, 5.74) is -3.07. The summed E-state index contributed by atoms with van der Waals surface area (Å²) in [6.45, 7) is 1.65. The molecule has 0 aliphatic carbocycles. The highest BCUT2D eigenvalue weighted by Crippen LogP contribution is 2.45. The number of anilines is 2. The Labute approximate surface area is 205 Å². The van der Waals surface area contributed by atoms with Gasteiger partial charge in [0.2, 0.25) is 0 Å². The number of sulfonamides is 1. The largest absolute Gasteiger partial charge is 0.418 e. The fourth-order valence-corrected chi connectivity index (χ4v) is 5.89. The van der Waals surface area contributed by atoms with Crippen LogP contribution in [0.25, 0.3) is 0 Å². The van der Waals surface area contributed by atoms with Crippen LogP contribution in [0.5, 0.6) is 0 Å². The van der Waals surface area contributed by atoms with Crippen LogP contribution in [0.2, 0.25) is 5.02 Å². The minimum atomic E-state index is -5.09. The van der Waals surface area contributed by atoms with Crippen LogP contribution in [-0.4, -0.2) is 26.3 Å². The summed E-state index contributed by atoms with van der Waals surface area (Å²) < 4.78 is 68.0.